The summed E-state index contributed by atoms with van der Waals surface area (Å²) in [5.74, 6) is 1.00. The van der Waals surface area contributed by atoms with Crippen molar-refractivity contribution in [2.45, 2.75) is 13.8 Å². The predicted molar refractivity (Wildman–Crippen MR) is 148 cm³/mol. The summed E-state index contributed by atoms with van der Waals surface area (Å²) in [6, 6.07) is 29.3. The number of rotatable bonds is 6. The number of hydrogen-bond donors (Lipinski definition) is 2. The number of carbonyl (C=O) groups excluding carboxylic acids is 1. The topological polar surface area (TPSA) is 90.1 Å². The average molecular weight is 487 g/mol. The molecule has 5 rings (SSSR count). The number of benzene rings is 3. The molecule has 0 aliphatic heterocycles. The second-order valence-corrected chi connectivity index (χ2v) is 8.66. The number of anilines is 2. The van der Waals surface area contributed by atoms with Crippen molar-refractivity contribution in [2.24, 2.45) is 0 Å². The molecule has 0 unspecified atom stereocenters. The van der Waals surface area contributed by atoms with Crippen LogP contribution in [0.15, 0.2) is 103 Å². The van der Waals surface area contributed by atoms with Gasteiger partial charge in [-0.1, -0.05) is 54.6 Å². The summed E-state index contributed by atoms with van der Waals surface area (Å²) in [5, 5.41) is 2.84. The Morgan fingerprint density at radius 2 is 1.35 bits per heavy atom. The van der Waals surface area contributed by atoms with Crippen molar-refractivity contribution in [2.75, 3.05) is 11.1 Å². The average Bonchev–Trinajstić information content (AvgIpc) is 2.90. The number of ether oxygens (including phenoxy) is 1. The first kappa shape index (κ1) is 23.8. The van der Waals surface area contributed by atoms with Crippen LogP contribution in [0.2, 0.25) is 0 Å². The molecule has 0 radical (unpaired) electrons. The van der Waals surface area contributed by atoms with Crippen LogP contribution in [0, 0.1) is 6.92 Å². The minimum atomic E-state index is -0.118. The molecule has 3 aromatic carbocycles. The summed E-state index contributed by atoms with van der Waals surface area (Å²) in [6.07, 6.45) is 3.37. The van der Waals surface area contributed by atoms with E-state index in [1.54, 1.807) is 24.5 Å². The van der Waals surface area contributed by atoms with E-state index in [0.717, 1.165) is 44.8 Å². The Balaban J connectivity index is 1.82. The van der Waals surface area contributed by atoms with Gasteiger partial charge < -0.3 is 15.8 Å². The molecule has 6 heteroatoms. The minimum Gasteiger partial charge on any atom is -0.438 e. The van der Waals surface area contributed by atoms with Crippen molar-refractivity contribution >= 4 is 17.3 Å². The van der Waals surface area contributed by atoms with Gasteiger partial charge in [-0.3, -0.25) is 9.78 Å². The number of carbonyl (C=O) groups is 1. The first-order chi connectivity index (χ1) is 18.0. The van der Waals surface area contributed by atoms with E-state index in [9.17, 15) is 4.79 Å². The van der Waals surface area contributed by atoms with E-state index in [1.807, 2.05) is 73.7 Å². The molecule has 2 heterocycles. The van der Waals surface area contributed by atoms with Gasteiger partial charge in [0.1, 0.15) is 5.75 Å². The summed E-state index contributed by atoms with van der Waals surface area (Å²) < 4.78 is 6.37. The molecule has 37 heavy (non-hydrogen) atoms. The molecule has 1 amide bonds. The molecule has 2 aromatic heterocycles. The highest BCUT2D eigenvalue weighted by molar-refractivity contribution is 5.98. The van der Waals surface area contributed by atoms with Gasteiger partial charge in [0.15, 0.2) is 0 Å². The van der Waals surface area contributed by atoms with Crippen LogP contribution in [0.25, 0.3) is 33.4 Å². The fourth-order valence-corrected chi connectivity index (χ4v) is 4.36. The monoisotopic (exact) mass is 486 g/mol. The van der Waals surface area contributed by atoms with Crippen LogP contribution >= 0.6 is 0 Å². The number of pyridine rings is 2. The standard InChI is InChI=1S/C31H26N4O2/c1-20-28(22-6-4-3-5-7-22)29(23-10-14-26(15-11-23)35-21(2)36)30(24-8-12-25(32)13-9-24)31(34-20)37-27-16-18-33-19-17-27/h3-19H,32H2,1-2H3,(H,35,36). The second-order valence-electron chi connectivity index (χ2n) is 8.66. The number of nitrogen functional groups attached to an aromatic ring is 1. The maximum atomic E-state index is 11.6. The van der Waals surface area contributed by atoms with Crippen molar-refractivity contribution in [3.8, 4) is 45.0 Å². The number of nitrogens with zero attached hydrogens (tertiary/aromatic N) is 2. The molecule has 0 spiro atoms. The molecule has 0 saturated heterocycles. The number of hydrogen-bond acceptors (Lipinski definition) is 5. The summed E-state index contributed by atoms with van der Waals surface area (Å²) >= 11 is 0. The molecular formula is C31H26N4O2. The van der Waals surface area contributed by atoms with E-state index in [-0.39, 0.29) is 5.91 Å². The smallest absolute Gasteiger partial charge is 0.228 e. The quantitative estimate of drug-likeness (QED) is 0.249. The first-order valence-corrected chi connectivity index (χ1v) is 11.9. The molecule has 6 nitrogen and oxygen atoms in total. The van der Waals surface area contributed by atoms with Gasteiger partial charge in [-0.2, -0.15) is 0 Å². The Hall–Kier alpha value is -4.97. The van der Waals surface area contributed by atoms with Crippen molar-refractivity contribution < 1.29 is 9.53 Å². The normalized spacial score (nSPS) is 10.6. The molecule has 3 N–H and O–H groups in total. The molecule has 0 atom stereocenters. The van der Waals surface area contributed by atoms with Crippen molar-refractivity contribution in [3.05, 3.63) is 109 Å². The lowest BCUT2D eigenvalue weighted by Gasteiger charge is -2.21. The lowest BCUT2D eigenvalue weighted by molar-refractivity contribution is -0.114. The zero-order valence-electron chi connectivity index (χ0n) is 20.6. The van der Waals surface area contributed by atoms with Gasteiger partial charge in [-0.25, -0.2) is 4.98 Å². The highest BCUT2D eigenvalue weighted by atomic mass is 16.5. The molecule has 0 aliphatic carbocycles. The summed E-state index contributed by atoms with van der Waals surface area (Å²) in [7, 11) is 0. The van der Waals surface area contributed by atoms with Gasteiger partial charge in [0.2, 0.25) is 11.8 Å². The summed E-state index contributed by atoms with van der Waals surface area (Å²) in [5.41, 5.74) is 14.0. The Kier molecular flexibility index (Phi) is 6.64. The SMILES string of the molecule is CC(=O)Nc1ccc(-c2c(-c3ccccc3)c(C)nc(Oc3ccncc3)c2-c2ccc(N)cc2)cc1. The molecular weight excluding hydrogens is 460 g/mol. The van der Waals surface area contributed by atoms with E-state index in [2.05, 4.69) is 22.4 Å². The first-order valence-electron chi connectivity index (χ1n) is 11.9. The Morgan fingerprint density at radius 3 is 2.00 bits per heavy atom. The second kappa shape index (κ2) is 10.3. The van der Waals surface area contributed by atoms with Crippen molar-refractivity contribution in [1.29, 1.82) is 0 Å². The predicted octanol–water partition coefficient (Wildman–Crippen LogP) is 7.12. The van der Waals surface area contributed by atoms with Gasteiger partial charge in [0, 0.05) is 47.5 Å². The van der Waals surface area contributed by atoms with Gasteiger partial charge in [-0.15, -0.1) is 0 Å². The molecule has 0 saturated carbocycles. The zero-order valence-corrected chi connectivity index (χ0v) is 20.6. The minimum absolute atomic E-state index is 0.118. The largest absolute Gasteiger partial charge is 0.438 e. The van der Waals surface area contributed by atoms with E-state index in [0.29, 0.717) is 17.3 Å². The zero-order chi connectivity index (χ0) is 25.8. The van der Waals surface area contributed by atoms with Crippen LogP contribution < -0.4 is 15.8 Å². The maximum Gasteiger partial charge on any atom is 0.228 e. The van der Waals surface area contributed by atoms with Gasteiger partial charge >= 0.3 is 0 Å². The van der Waals surface area contributed by atoms with Crippen LogP contribution in [0.5, 0.6) is 11.6 Å². The van der Waals surface area contributed by atoms with Crippen LogP contribution in [0.3, 0.4) is 0 Å². The van der Waals surface area contributed by atoms with Crippen LogP contribution in [-0.2, 0) is 4.79 Å². The number of aryl methyl sites for hydroxylation is 1. The Bertz CT molecular complexity index is 1530. The number of aromatic nitrogens is 2. The highest BCUT2D eigenvalue weighted by Crippen LogP contribution is 2.46. The van der Waals surface area contributed by atoms with E-state index in [4.69, 9.17) is 15.5 Å². The molecule has 0 aliphatic rings. The van der Waals surface area contributed by atoms with Crippen LogP contribution in [0.4, 0.5) is 11.4 Å². The molecule has 5 aromatic rings. The maximum absolute atomic E-state index is 11.6. The van der Waals surface area contributed by atoms with Gasteiger partial charge in [-0.05, 0) is 60.0 Å². The third kappa shape index (κ3) is 5.18. The number of nitrogens with one attached hydrogen (secondary N) is 1. The Labute approximate surface area is 215 Å². The molecule has 0 fully saturated rings. The third-order valence-corrected chi connectivity index (χ3v) is 5.96. The van der Waals surface area contributed by atoms with Crippen LogP contribution in [-0.4, -0.2) is 15.9 Å². The van der Waals surface area contributed by atoms with Gasteiger partial charge in [0.05, 0.1) is 5.56 Å². The lowest BCUT2D eigenvalue weighted by atomic mass is 9.87. The number of nitrogens with two attached hydrogens (primary N) is 1. The molecule has 182 valence electrons. The fraction of sp³-hybridized carbons (Fsp3) is 0.0645. The van der Waals surface area contributed by atoms with E-state index in [1.165, 1.54) is 6.92 Å². The summed E-state index contributed by atoms with van der Waals surface area (Å²) in [6.45, 7) is 3.49. The molecule has 0 bridgehead atoms. The van der Waals surface area contributed by atoms with Crippen LogP contribution in [0.1, 0.15) is 12.6 Å². The van der Waals surface area contributed by atoms with Crippen molar-refractivity contribution in [1.82, 2.24) is 9.97 Å². The summed E-state index contributed by atoms with van der Waals surface area (Å²) in [4.78, 5) is 20.6. The van der Waals surface area contributed by atoms with Gasteiger partial charge in [0.25, 0.3) is 0 Å². The fourth-order valence-electron chi connectivity index (χ4n) is 4.36. The Morgan fingerprint density at radius 1 is 0.757 bits per heavy atom. The lowest BCUT2D eigenvalue weighted by Crippen LogP contribution is -2.05. The van der Waals surface area contributed by atoms with E-state index < -0.39 is 0 Å². The highest BCUT2D eigenvalue weighted by Gasteiger charge is 2.23. The van der Waals surface area contributed by atoms with E-state index >= 15 is 0 Å². The third-order valence-electron chi connectivity index (χ3n) is 5.96. The van der Waals surface area contributed by atoms with Crippen molar-refractivity contribution in [3.63, 3.8) is 0 Å². The number of amides is 1.